The molecule has 3 aliphatic rings. The van der Waals surface area contributed by atoms with Gasteiger partial charge in [-0.15, -0.1) is 0 Å². The Hall–Kier alpha value is -0.160. The van der Waals surface area contributed by atoms with Gasteiger partial charge >= 0.3 is 0 Å². The van der Waals surface area contributed by atoms with Crippen molar-refractivity contribution in [2.24, 2.45) is 5.92 Å². The zero-order valence-corrected chi connectivity index (χ0v) is 12.7. The molecule has 0 bridgehead atoms. The van der Waals surface area contributed by atoms with Gasteiger partial charge in [0.25, 0.3) is 0 Å². The number of morpholine rings is 1. The van der Waals surface area contributed by atoms with Crippen molar-refractivity contribution in [3.63, 3.8) is 0 Å². The summed E-state index contributed by atoms with van der Waals surface area (Å²) in [4.78, 5) is 2.43. The maximum Gasteiger partial charge on any atom is 0.0963 e. The van der Waals surface area contributed by atoms with Gasteiger partial charge in [0.1, 0.15) is 0 Å². The fourth-order valence-corrected chi connectivity index (χ4v) is 4.04. The smallest absolute Gasteiger partial charge is 0.0963 e. The van der Waals surface area contributed by atoms with Crippen LogP contribution in [0.2, 0.25) is 0 Å². The molecule has 0 aromatic carbocycles. The molecule has 1 N–H and O–H groups in total. The molecule has 0 radical (unpaired) electrons. The number of aliphatic hydroxyl groups excluding tert-OH is 1. The van der Waals surface area contributed by atoms with Crippen molar-refractivity contribution in [2.45, 2.75) is 63.3 Å². The lowest BCUT2D eigenvalue weighted by molar-refractivity contribution is -0.176. The van der Waals surface area contributed by atoms with E-state index in [4.69, 9.17) is 9.47 Å². The van der Waals surface area contributed by atoms with E-state index in [1.54, 1.807) is 0 Å². The van der Waals surface area contributed by atoms with Crippen LogP contribution in [0.5, 0.6) is 0 Å². The molecule has 4 heteroatoms. The number of hydrogen-bond acceptors (Lipinski definition) is 4. The predicted octanol–water partition coefficient (Wildman–Crippen LogP) is 1.81. The Balaban J connectivity index is 1.55. The van der Waals surface area contributed by atoms with Crippen LogP contribution in [0.15, 0.2) is 0 Å². The Labute approximate surface area is 122 Å². The Morgan fingerprint density at radius 1 is 1.35 bits per heavy atom. The second kappa shape index (κ2) is 6.30. The molecule has 1 aliphatic carbocycles. The molecule has 2 aliphatic heterocycles. The minimum atomic E-state index is -0.323. The highest BCUT2D eigenvalue weighted by Gasteiger charge is 2.45. The maximum atomic E-state index is 10.7. The van der Waals surface area contributed by atoms with Crippen LogP contribution in [-0.2, 0) is 9.47 Å². The molecule has 0 aromatic rings. The topological polar surface area (TPSA) is 41.9 Å². The third-order valence-electron chi connectivity index (χ3n) is 5.38. The van der Waals surface area contributed by atoms with Crippen molar-refractivity contribution in [1.82, 2.24) is 4.90 Å². The Morgan fingerprint density at radius 3 is 2.90 bits per heavy atom. The van der Waals surface area contributed by atoms with Gasteiger partial charge in [-0.05, 0) is 51.0 Å². The van der Waals surface area contributed by atoms with Gasteiger partial charge in [-0.3, -0.25) is 4.90 Å². The summed E-state index contributed by atoms with van der Waals surface area (Å²) in [6, 6.07) is 0. The summed E-state index contributed by atoms with van der Waals surface area (Å²) < 4.78 is 11.8. The minimum absolute atomic E-state index is 0.00414. The fraction of sp³-hybridized carbons (Fsp3) is 1.00. The van der Waals surface area contributed by atoms with Crippen molar-refractivity contribution in [2.75, 3.05) is 32.8 Å². The van der Waals surface area contributed by atoms with E-state index in [1.165, 1.54) is 25.7 Å². The van der Waals surface area contributed by atoms with E-state index < -0.39 is 0 Å². The molecule has 116 valence electrons. The van der Waals surface area contributed by atoms with E-state index >= 15 is 0 Å². The first-order chi connectivity index (χ1) is 9.72. The summed E-state index contributed by atoms with van der Waals surface area (Å²) >= 11 is 0. The van der Waals surface area contributed by atoms with Crippen molar-refractivity contribution in [3.05, 3.63) is 0 Å². The molecule has 0 amide bonds. The predicted molar refractivity (Wildman–Crippen MR) is 77.7 cm³/mol. The lowest BCUT2D eigenvalue weighted by Crippen LogP contribution is -2.54. The SMILES string of the molecule is CCCN1CCOC(C(O)C2CCOC3(CCC3)C2)C1. The number of ether oxygens (including phenoxy) is 2. The van der Waals surface area contributed by atoms with Gasteiger partial charge in [0.2, 0.25) is 0 Å². The van der Waals surface area contributed by atoms with E-state index in [0.29, 0.717) is 5.92 Å². The van der Waals surface area contributed by atoms with Crippen LogP contribution < -0.4 is 0 Å². The van der Waals surface area contributed by atoms with Crippen LogP contribution in [0.4, 0.5) is 0 Å². The highest BCUT2D eigenvalue weighted by atomic mass is 16.5. The van der Waals surface area contributed by atoms with Gasteiger partial charge in [-0.1, -0.05) is 6.92 Å². The Bertz CT molecular complexity index is 317. The third kappa shape index (κ3) is 3.03. The Kier molecular flexibility index (Phi) is 4.65. The van der Waals surface area contributed by atoms with E-state index in [9.17, 15) is 5.11 Å². The van der Waals surface area contributed by atoms with Crippen LogP contribution in [0.1, 0.15) is 45.4 Å². The maximum absolute atomic E-state index is 10.7. The van der Waals surface area contributed by atoms with Crippen LogP contribution in [-0.4, -0.2) is 60.7 Å². The zero-order valence-electron chi connectivity index (χ0n) is 12.7. The molecule has 1 spiro atoms. The number of rotatable bonds is 4. The van der Waals surface area contributed by atoms with E-state index in [1.807, 2.05) is 0 Å². The van der Waals surface area contributed by atoms with E-state index in [0.717, 1.165) is 45.7 Å². The summed E-state index contributed by atoms with van der Waals surface area (Å²) in [6.07, 6.45) is 6.51. The van der Waals surface area contributed by atoms with Crippen molar-refractivity contribution in [1.29, 1.82) is 0 Å². The normalized spacial score (nSPS) is 35.7. The molecule has 0 aromatic heterocycles. The molecule has 2 heterocycles. The fourth-order valence-electron chi connectivity index (χ4n) is 4.04. The van der Waals surface area contributed by atoms with Crippen molar-refractivity contribution < 1.29 is 14.6 Å². The van der Waals surface area contributed by atoms with Gasteiger partial charge < -0.3 is 14.6 Å². The lowest BCUT2D eigenvalue weighted by atomic mass is 9.70. The quantitative estimate of drug-likeness (QED) is 0.854. The molecule has 1 saturated carbocycles. The minimum Gasteiger partial charge on any atom is -0.390 e. The number of aliphatic hydroxyl groups is 1. The van der Waals surface area contributed by atoms with Crippen molar-refractivity contribution in [3.8, 4) is 0 Å². The molecule has 3 rings (SSSR count). The monoisotopic (exact) mass is 283 g/mol. The molecular formula is C16H29NO3. The van der Waals surface area contributed by atoms with Gasteiger partial charge in [0.15, 0.2) is 0 Å². The average molecular weight is 283 g/mol. The summed E-state index contributed by atoms with van der Waals surface area (Å²) in [6.45, 7) is 6.79. The van der Waals surface area contributed by atoms with Gasteiger partial charge in [0, 0.05) is 19.7 Å². The highest BCUT2D eigenvalue weighted by molar-refractivity contribution is 4.97. The zero-order chi connectivity index (χ0) is 14.0. The first kappa shape index (κ1) is 14.8. The molecule has 4 nitrogen and oxygen atoms in total. The van der Waals surface area contributed by atoms with Gasteiger partial charge in [-0.25, -0.2) is 0 Å². The van der Waals surface area contributed by atoms with E-state index in [-0.39, 0.29) is 17.8 Å². The largest absolute Gasteiger partial charge is 0.390 e. The van der Waals surface area contributed by atoms with Crippen molar-refractivity contribution >= 4 is 0 Å². The second-order valence-corrected chi connectivity index (χ2v) is 6.84. The number of hydrogen-bond donors (Lipinski definition) is 1. The van der Waals surface area contributed by atoms with Crippen LogP contribution >= 0.6 is 0 Å². The first-order valence-corrected chi connectivity index (χ1v) is 8.38. The van der Waals surface area contributed by atoms with Crippen LogP contribution in [0, 0.1) is 5.92 Å². The molecule has 3 atom stereocenters. The molecule has 20 heavy (non-hydrogen) atoms. The summed E-state index contributed by atoms with van der Waals surface area (Å²) in [5.74, 6) is 0.357. The lowest BCUT2D eigenvalue weighted by Gasteiger charge is -2.49. The van der Waals surface area contributed by atoms with Crippen LogP contribution in [0.3, 0.4) is 0 Å². The number of nitrogens with zero attached hydrogens (tertiary/aromatic N) is 1. The molecular weight excluding hydrogens is 254 g/mol. The molecule has 3 fully saturated rings. The summed E-state index contributed by atoms with van der Waals surface area (Å²) in [5.41, 5.74) is 0.113. The van der Waals surface area contributed by atoms with Gasteiger partial charge in [-0.2, -0.15) is 0 Å². The molecule has 2 saturated heterocycles. The summed E-state index contributed by atoms with van der Waals surface area (Å²) in [7, 11) is 0. The molecule has 3 unspecified atom stereocenters. The van der Waals surface area contributed by atoms with Crippen LogP contribution in [0.25, 0.3) is 0 Å². The summed E-state index contributed by atoms with van der Waals surface area (Å²) in [5, 5.41) is 10.7. The first-order valence-electron chi connectivity index (χ1n) is 8.38. The second-order valence-electron chi connectivity index (χ2n) is 6.84. The third-order valence-corrected chi connectivity index (χ3v) is 5.38. The van der Waals surface area contributed by atoms with Gasteiger partial charge in [0.05, 0.1) is 24.4 Å². The Morgan fingerprint density at radius 2 is 2.20 bits per heavy atom. The average Bonchev–Trinajstić information content (AvgIpc) is 2.46. The van der Waals surface area contributed by atoms with E-state index in [2.05, 4.69) is 11.8 Å². The standard InChI is InChI=1S/C16H29NO3/c1-2-7-17-8-10-19-14(12-17)15(18)13-4-9-20-16(11-13)5-3-6-16/h13-15,18H,2-12H2,1H3. The highest BCUT2D eigenvalue weighted by Crippen LogP contribution is 2.45.